The van der Waals surface area contributed by atoms with Gasteiger partial charge in [-0.15, -0.1) is 0 Å². The van der Waals surface area contributed by atoms with Crippen molar-refractivity contribution < 1.29 is 24.2 Å². The van der Waals surface area contributed by atoms with Gasteiger partial charge in [0.1, 0.15) is 17.1 Å². The van der Waals surface area contributed by atoms with Crippen LogP contribution in [0.2, 0.25) is 0 Å². The second-order valence-electron chi connectivity index (χ2n) is 5.60. The number of nitrogens with one attached hydrogen (secondary N) is 1. The Morgan fingerprint density at radius 2 is 1.85 bits per heavy atom. The molecule has 1 saturated heterocycles. The van der Waals surface area contributed by atoms with Crippen LogP contribution in [0.25, 0.3) is 6.08 Å². The normalized spacial score (nSPS) is 15.9. The fourth-order valence-electron chi connectivity index (χ4n) is 2.53. The van der Waals surface area contributed by atoms with E-state index in [-0.39, 0.29) is 11.3 Å². The monoisotopic (exact) mass is 478 g/mol. The SMILES string of the molecule is CCOc1ccc(N2C(=O)NC(=O)/C(=C\c3ccc(O)c(I)c3)C2=O)cc1. The largest absolute Gasteiger partial charge is 0.507 e. The van der Waals surface area contributed by atoms with E-state index in [4.69, 9.17) is 4.74 Å². The second kappa shape index (κ2) is 7.78. The molecule has 1 aliphatic rings. The number of nitrogens with zero attached hydrogens (tertiary/aromatic N) is 1. The zero-order chi connectivity index (χ0) is 19.6. The number of halogens is 1. The third-order valence-electron chi connectivity index (χ3n) is 3.79. The van der Waals surface area contributed by atoms with Gasteiger partial charge in [0.15, 0.2) is 0 Å². The van der Waals surface area contributed by atoms with Gasteiger partial charge in [-0.05, 0) is 77.6 Å². The van der Waals surface area contributed by atoms with Crippen LogP contribution in [0.3, 0.4) is 0 Å². The van der Waals surface area contributed by atoms with Crippen molar-refractivity contribution in [1.82, 2.24) is 5.32 Å². The maximum absolute atomic E-state index is 12.8. The van der Waals surface area contributed by atoms with E-state index in [2.05, 4.69) is 5.32 Å². The van der Waals surface area contributed by atoms with Crippen LogP contribution in [-0.2, 0) is 9.59 Å². The molecule has 27 heavy (non-hydrogen) atoms. The summed E-state index contributed by atoms with van der Waals surface area (Å²) in [6.07, 6.45) is 1.38. The lowest BCUT2D eigenvalue weighted by Gasteiger charge is -2.26. The Morgan fingerprint density at radius 3 is 2.48 bits per heavy atom. The highest BCUT2D eigenvalue weighted by Crippen LogP contribution is 2.26. The van der Waals surface area contributed by atoms with Gasteiger partial charge in [0.2, 0.25) is 0 Å². The van der Waals surface area contributed by atoms with E-state index in [1.54, 1.807) is 36.4 Å². The van der Waals surface area contributed by atoms with E-state index in [0.29, 0.717) is 27.2 Å². The third kappa shape index (κ3) is 3.95. The average molecular weight is 478 g/mol. The molecule has 0 bridgehead atoms. The molecule has 1 aliphatic heterocycles. The molecule has 138 valence electrons. The smallest absolute Gasteiger partial charge is 0.335 e. The Balaban J connectivity index is 1.95. The first-order valence-electron chi connectivity index (χ1n) is 8.03. The van der Waals surface area contributed by atoms with E-state index in [1.165, 1.54) is 12.1 Å². The highest BCUT2D eigenvalue weighted by Gasteiger charge is 2.36. The maximum atomic E-state index is 12.8. The molecular formula is C19H15IN2O5. The van der Waals surface area contributed by atoms with Crippen LogP contribution in [0, 0.1) is 3.57 Å². The summed E-state index contributed by atoms with van der Waals surface area (Å²) in [5.41, 5.74) is 0.696. The van der Waals surface area contributed by atoms with Crippen LogP contribution in [0.4, 0.5) is 10.5 Å². The summed E-state index contributed by atoms with van der Waals surface area (Å²) in [4.78, 5) is 38.1. The summed E-state index contributed by atoms with van der Waals surface area (Å²) in [7, 11) is 0. The first-order chi connectivity index (χ1) is 12.9. The summed E-state index contributed by atoms with van der Waals surface area (Å²) < 4.78 is 5.92. The van der Waals surface area contributed by atoms with E-state index in [9.17, 15) is 19.5 Å². The Morgan fingerprint density at radius 1 is 1.15 bits per heavy atom. The molecule has 1 fully saturated rings. The Bertz CT molecular complexity index is 953. The van der Waals surface area contributed by atoms with Crippen LogP contribution in [0.5, 0.6) is 11.5 Å². The molecular weight excluding hydrogens is 463 g/mol. The zero-order valence-electron chi connectivity index (χ0n) is 14.2. The number of carbonyl (C=O) groups excluding carboxylic acids is 3. The average Bonchev–Trinajstić information content (AvgIpc) is 2.63. The van der Waals surface area contributed by atoms with Crippen molar-refractivity contribution in [2.45, 2.75) is 6.92 Å². The summed E-state index contributed by atoms with van der Waals surface area (Å²) in [5.74, 6) is -0.786. The molecule has 0 saturated carbocycles. The zero-order valence-corrected chi connectivity index (χ0v) is 16.4. The Kier molecular flexibility index (Phi) is 5.45. The minimum Gasteiger partial charge on any atom is -0.507 e. The van der Waals surface area contributed by atoms with E-state index in [1.807, 2.05) is 29.5 Å². The van der Waals surface area contributed by atoms with Crippen molar-refractivity contribution in [3.63, 3.8) is 0 Å². The fraction of sp³-hybridized carbons (Fsp3) is 0.105. The Labute approximate surface area is 168 Å². The number of ether oxygens (including phenoxy) is 1. The molecule has 0 aromatic heterocycles. The van der Waals surface area contributed by atoms with Crippen LogP contribution in [-0.4, -0.2) is 29.6 Å². The number of anilines is 1. The molecule has 4 amide bonds. The molecule has 2 aromatic rings. The number of phenols is 1. The van der Waals surface area contributed by atoms with Crippen molar-refractivity contribution in [1.29, 1.82) is 0 Å². The van der Waals surface area contributed by atoms with Gasteiger partial charge in [-0.25, -0.2) is 9.69 Å². The number of rotatable bonds is 4. The van der Waals surface area contributed by atoms with Gasteiger partial charge in [-0.3, -0.25) is 14.9 Å². The summed E-state index contributed by atoms with van der Waals surface area (Å²) in [6.45, 7) is 2.35. The quantitative estimate of drug-likeness (QED) is 0.400. The van der Waals surface area contributed by atoms with Crippen LogP contribution >= 0.6 is 22.6 Å². The molecule has 3 rings (SSSR count). The van der Waals surface area contributed by atoms with Crippen molar-refractivity contribution in [2.75, 3.05) is 11.5 Å². The topological polar surface area (TPSA) is 95.9 Å². The van der Waals surface area contributed by atoms with Gasteiger partial charge in [-0.1, -0.05) is 6.07 Å². The number of urea groups is 1. The molecule has 0 radical (unpaired) electrons. The molecule has 8 heteroatoms. The molecule has 0 atom stereocenters. The van der Waals surface area contributed by atoms with Gasteiger partial charge >= 0.3 is 6.03 Å². The molecule has 2 aromatic carbocycles. The third-order valence-corrected chi connectivity index (χ3v) is 4.65. The number of barbiturate groups is 1. The van der Waals surface area contributed by atoms with Crippen molar-refractivity contribution in [3.05, 3.63) is 57.2 Å². The van der Waals surface area contributed by atoms with E-state index < -0.39 is 17.8 Å². The van der Waals surface area contributed by atoms with Crippen molar-refractivity contribution in [2.24, 2.45) is 0 Å². The summed E-state index contributed by atoms with van der Waals surface area (Å²) in [5, 5.41) is 11.8. The van der Waals surface area contributed by atoms with Gasteiger partial charge in [0, 0.05) is 0 Å². The molecule has 2 N–H and O–H groups in total. The second-order valence-corrected chi connectivity index (χ2v) is 6.76. The Hall–Kier alpha value is -2.88. The predicted octanol–water partition coefficient (Wildman–Crippen LogP) is 3.06. The fourth-order valence-corrected chi connectivity index (χ4v) is 3.07. The lowest BCUT2D eigenvalue weighted by atomic mass is 10.1. The number of hydrogen-bond acceptors (Lipinski definition) is 5. The number of hydrogen-bond donors (Lipinski definition) is 2. The van der Waals surface area contributed by atoms with E-state index in [0.717, 1.165) is 4.90 Å². The van der Waals surface area contributed by atoms with Gasteiger partial charge in [0.25, 0.3) is 11.8 Å². The van der Waals surface area contributed by atoms with Crippen molar-refractivity contribution in [3.8, 4) is 11.5 Å². The lowest BCUT2D eigenvalue weighted by Crippen LogP contribution is -2.54. The minimum absolute atomic E-state index is 0.100. The predicted molar refractivity (Wildman–Crippen MR) is 107 cm³/mol. The van der Waals surface area contributed by atoms with Crippen LogP contribution in [0.15, 0.2) is 48.0 Å². The maximum Gasteiger partial charge on any atom is 0.335 e. The lowest BCUT2D eigenvalue weighted by molar-refractivity contribution is -0.122. The van der Waals surface area contributed by atoms with Crippen LogP contribution < -0.4 is 15.0 Å². The number of carbonyl (C=O) groups is 3. The number of benzene rings is 2. The van der Waals surface area contributed by atoms with Crippen LogP contribution in [0.1, 0.15) is 12.5 Å². The standard InChI is InChI=1S/C19H15IN2O5/c1-2-27-13-6-4-12(5-7-13)22-18(25)14(17(24)21-19(22)26)9-11-3-8-16(23)15(20)10-11/h3-10,23H,2H2,1H3,(H,21,24,26)/b14-9+. The van der Waals surface area contributed by atoms with Gasteiger partial charge in [0.05, 0.1) is 15.9 Å². The molecule has 7 nitrogen and oxygen atoms in total. The first-order valence-corrected chi connectivity index (χ1v) is 9.11. The molecule has 0 spiro atoms. The number of phenolic OH excluding ortho intramolecular Hbond substituents is 1. The number of aromatic hydroxyl groups is 1. The molecule has 1 heterocycles. The summed E-state index contributed by atoms with van der Waals surface area (Å²) in [6, 6.07) is 10.3. The number of amides is 4. The first kappa shape index (κ1) is 18.9. The van der Waals surface area contributed by atoms with Gasteiger partial charge < -0.3 is 9.84 Å². The molecule has 0 aliphatic carbocycles. The highest BCUT2D eigenvalue weighted by atomic mass is 127. The van der Waals surface area contributed by atoms with Gasteiger partial charge in [-0.2, -0.15) is 0 Å². The van der Waals surface area contributed by atoms with Crippen molar-refractivity contribution >= 4 is 52.2 Å². The molecule has 0 unspecified atom stereocenters. The van der Waals surface area contributed by atoms with E-state index >= 15 is 0 Å². The highest BCUT2D eigenvalue weighted by molar-refractivity contribution is 14.1. The summed E-state index contributed by atoms with van der Waals surface area (Å²) >= 11 is 1.94. The minimum atomic E-state index is -0.813. The number of imide groups is 2.